The standard InChI is InChI=1S/C17H17N5OS/c23-17(21(15-5-6-15)10-14-7-8-24-11-14)9-13-1-3-16(4-2-13)22-12-18-19-20-22/h1-4,7-8,11-12,15H,5-6,9-10H2. The van der Waals surface area contributed by atoms with E-state index in [2.05, 4.69) is 32.4 Å². The van der Waals surface area contributed by atoms with E-state index in [0.717, 1.165) is 30.6 Å². The summed E-state index contributed by atoms with van der Waals surface area (Å²) in [5.74, 6) is 0.193. The first kappa shape index (κ1) is 15.0. The fourth-order valence-electron chi connectivity index (χ4n) is 2.71. The molecule has 2 aromatic heterocycles. The van der Waals surface area contributed by atoms with Crippen LogP contribution in [0.1, 0.15) is 24.0 Å². The Kier molecular flexibility index (Phi) is 4.08. The number of carbonyl (C=O) groups is 1. The molecule has 122 valence electrons. The van der Waals surface area contributed by atoms with Gasteiger partial charge in [0.15, 0.2) is 0 Å². The summed E-state index contributed by atoms with van der Waals surface area (Å²) < 4.78 is 1.60. The van der Waals surface area contributed by atoms with Gasteiger partial charge in [-0.2, -0.15) is 11.3 Å². The second-order valence-corrected chi connectivity index (χ2v) is 6.76. The van der Waals surface area contributed by atoms with Crippen LogP contribution in [0.3, 0.4) is 0 Å². The topological polar surface area (TPSA) is 63.9 Å². The van der Waals surface area contributed by atoms with Crippen LogP contribution in [0, 0.1) is 0 Å². The average molecular weight is 339 g/mol. The van der Waals surface area contributed by atoms with Crippen LogP contribution in [-0.2, 0) is 17.8 Å². The second kappa shape index (κ2) is 6.52. The Morgan fingerprint density at radius 3 is 2.67 bits per heavy atom. The Morgan fingerprint density at radius 2 is 2.04 bits per heavy atom. The SMILES string of the molecule is O=C(Cc1ccc(-n2cnnn2)cc1)N(Cc1ccsc1)C1CC1. The Labute approximate surface area is 143 Å². The Morgan fingerprint density at radius 1 is 1.21 bits per heavy atom. The van der Waals surface area contributed by atoms with Crippen molar-refractivity contribution in [3.05, 3.63) is 58.5 Å². The summed E-state index contributed by atoms with van der Waals surface area (Å²) in [6.45, 7) is 0.718. The van der Waals surface area contributed by atoms with Crippen LogP contribution in [0.4, 0.5) is 0 Å². The molecule has 0 radical (unpaired) electrons. The third-order valence-corrected chi connectivity index (χ3v) is 4.88. The average Bonchev–Trinajstić information content (AvgIpc) is 3.08. The Balaban J connectivity index is 1.44. The maximum Gasteiger partial charge on any atom is 0.227 e. The molecule has 1 aliphatic rings. The number of hydrogen-bond acceptors (Lipinski definition) is 5. The van der Waals surface area contributed by atoms with E-state index in [4.69, 9.17) is 0 Å². The van der Waals surface area contributed by atoms with Gasteiger partial charge in [-0.3, -0.25) is 4.79 Å². The molecule has 1 aliphatic carbocycles. The molecule has 0 unspecified atom stereocenters. The number of amides is 1. The first-order valence-electron chi connectivity index (χ1n) is 7.92. The van der Waals surface area contributed by atoms with E-state index in [1.807, 2.05) is 29.2 Å². The highest BCUT2D eigenvalue weighted by Gasteiger charge is 2.32. The molecule has 0 spiro atoms. The largest absolute Gasteiger partial charge is 0.335 e. The lowest BCUT2D eigenvalue weighted by Crippen LogP contribution is -2.33. The van der Waals surface area contributed by atoms with Crippen LogP contribution >= 0.6 is 11.3 Å². The van der Waals surface area contributed by atoms with E-state index < -0.39 is 0 Å². The van der Waals surface area contributed by atoms with Crippen molar-refractivity contribution < 1.29 is 4.79 Å². The van der Waals surface area contributed by atoms with Crippen LogP contribution in [0.25, 0.3) is 5.69 Å². The van der Waals surface area contributed by atoms with Gasteiger partial charge in [0.05, 0.1) is 12.1 Å². The predicted octanol–water partition coefficient (Wildman–Crippen LogP) is 2.46. The van der Waals surface area contributed by atoms with E-state index in [9.17, 15) is 4.79 Å². The smallest absolute Gasteiger partial charge is 0.227 e. The van der Waals surface area contributed by atoms with Crippen LogP contribution in [0.2, 0.25) is 0 Å². The first-order chi connectivity index (χ1) is 11.8. The van der Waals surface area contributed by atoms with Crippen molar-refractivity contribution in [1.82, 2.24) is 25.1 Å². The molecular formula is C17H17N5OS. The third kappa shape index (κ3) is 3.35. The maximum absolute atomic E-state index is 12.7. The van der Waals surface area contributed by atoms with E-state index in [1.54, 1.807) is 22.3 Å². The Hall–Kier alpha value is -2.54. The summed E-state index contributed by atoms with van der Waals surface area (Å²) in [6.07, 6.45) is 4.22. The fourth-order valence-corrected chi connectivity index (χ4v) is 3.37. The molecule has 2 heterocycles. The molecular weight excluding hydrogens is 322 g/mol. The van der Waals surface area contributed by atoms with Crippen LogP contribution < -0.4 is 0 Å². The van der Waals surface area contributed by atoms with Crippen LogP contribution in [0.5, 0.6) is 0 Å². The summed E-state index contributed by atoms with van der Waals surface area (Å²) in [4.78, 5) is 14.8. The number of benzene rings is 1. The molecule has 1 saturated carbocycles. The highest BCUT2D eigenvalue weighted by molar-refractivity contribution is 7.07. The van der Waals surface area contributed by atoms with Gasteiger partial charge in [0.1, 0.15) is 6.33 Å². The van der Waals surface area contributed by atoms with E-state index in [0.29, 0.717) is 12.5 Å². The number of aromatic nitrogens is 4. The zero-order chi connectivity index (χ0) is 16.4. The summed E-state index contributed by atoms with van der Waals surface area (Å²) in [5, 5.41) is 15.3. The highest BCUT2D eigenvalue weighted by atomic mass is 32.1. The fraction of sp³-hybridized carbons (Fsp3) is 0.294. The zero-order valence-electron chi connectivity index (χ0n) is 13.1. The van der Waals surface area contributed by atoms with E-state index >= 15 is 0 Å². The molecule has 0 bridgehead atoms. The monoisotopic (exact) mass is 339 g/mol. The summed E-state index contributed by atoms with van der Waals surface area (Å²) in [7, 11) is 0. The molecule has 1 amide bonds. The van der Waals surface area contributed by atoms with Crippen molar-refractivity contribution in [3.8, 4) is 5.69 Å². The van der Waals surface area contributed by atoms with Gasteiger partial charge in [-0.05, 0) is 63.4 Å². The van der Waals surface area contributed by atoms with Gasteiger partial charge in [-0.15, -0.1) is 5.10 Å². The number of nitrogens with zero attached hydrogens (tertiary/aromatic N) is 5. The van der Waals surface area contributed by atoms with E-state index in [1.165, 1.54) is 5.56 Å². The molecule has 1 aromatic carbocycles. The van der Waals surface area contributed by atoms with Crippen molar-refractivity contribution in [3.63, 3.8) is 0 Å². The minimum absolute atomic E-state index is 0.193. The number of hydrogen-bond donors (Lipinski definition) is 0. The third-order valence-electron chi connectivity index (χ3n) is 4.15. The lowest BCUT2D eigenvalue weighted by atomic mass is 10.1. The normalized spacial score (nSPS) is 13.8. The molecule has 3 aromatic rings. The summed E-state index contributed by atoms with van der Waals surface area (Å²) in [6, 6.07) is 10.3. The van der Waals surface area contributed by atoms with Crippen molar-refractivity contribution in [2.24, 2.45) is 0 Å². The predicted molar refractivity (Wildman–Crippen MR) is 90.7 cm³/mol. The molecule has 1 fully saturated rings. The number of thiophene rings is 1. The van der Waals surface area contributed by atoms with Crippen LogP contribution in [0.15, 0.2) is 47.4 Å². The van der Waals surface area contributed by atoms with Gasteiger partial charge >= 0.3 is 0 Å². The lowest BCUT2D eigenvalue weighted by molar-refractivity contribution is -0.131. The molecule has 0 N–H and O–H groups in total. The molecule has 4 rings (SSSR count). The minimum atomic E-state index is 0.193. The summed E-state index contributed by atoms with van der Waals surface area (Å²) in [5.41, 5.74) is 3.11. The molecule has 0 aliphatic heterocycles. The molecule has 7 heteroatoms. The van der Waals surface area contributed by atoms with Gasteiger partial charge in [0.25, 0.3) is 0 Å². The van der Waals surface area contributed by atoms with Gasteiger partial charge < -0.3 is 4.90 Å². The molecule has 0 atom stereocenters. The van der Waals surface area contributed by atoms with Gasteiger partial charge in [0, 0.05) is 12.6 Å². The molecule has 0 saturated heterocycles. The highest BCUT2D eigenvalue weighted by Crippen LogP contribution is 2.29. The van der Waals surface area contributed by atoms with Crippen molar-refractivity contribution >= 4 is 17.2 Å². The van der Waals surface area contributed by atoms with E-state index in [-0.39, 0.29) is 5.91 Å². The van der Waals surface area contributed by atoms with Crippen molar-refractivity contribution in [2.75, 3.05) is 0 Å². The zero-order valence-corrected chi connectivity index (χ0v) is 13.9. The molecule has 6 nitrogen and oxygen atoms in total. The number of carbonyl (C=O) groups excluding carboxylic acids is 1. The van der Waals surface area contributed by atoms with Crippen molar-refractivity contribution in [1.29, 1.82) is 0 Å². The minimum Gasteiger partial charge on any atom is -0.335 e. The van der Waals surface area contributed by atoms with Gasteiger partial charge in [-0.1, -0.05) is 12.1 Å². The second-order valence-electron chi connectivity index (χ2n) is 5.98. The van der Waals surface area contributed by atoms with Crippen molar-refractivity contribution in [2.45, 2.75) is 31.8 Å². The van der Waals surface area contributed by atoms with Crippen LogP contribution in [-0.4, -0.2) is 37.1 Å². The quantitative estimate of drug-likeness (QED) is 0.692. The van der Waals surface area contributed by atoms with Gasteiger partial charge in [-0.25, -0.2) is 4.68 Å². The van der Waals surface area contributed by atoms with Gasteiger partial charge in [0.2, 0.25) is 5.91 Å². The Bertz CT molecular complexity index is 794. The first-order valence-corrected chi connectivity index (χ1v) is 8.87. The summed E-state index contributed by atoms with van der Waals surface area (Å²) >= 11 is 1.67. The maximum atomic E-state index is 12.7. The number of tetrazole rings is 1. The lowest BCUT2D eigenvalue weighted by Gasteiger charge is -2.22. The number of rotatable bonds is 6. The molecule has 24 heavy (non-hydrogen) atoms.